The molecule has 1 fully saturated rings. The third kappa shape index (κ3) is 4.90. The molecule has 8 nitrogen and oxygen atoms in total. The first-order valence-corrected chi connectivity index (χ1v) is 8.95. The number of alkyl halides is 3. The first-order chi connectivity index (χ1) is 13.2. The van der Waals surface area contributed by atoms with E-state index in [1.54, 1.807) is 36.4 Å². The second-order valence-electron chi connectivity index (χ2n) is 6.65. The van der Waals surface area contributed by atoms with Crippen LogP contribution in [0.1, 0.15) is 19.8 Å². The summed E-state index contributed by atoms with van der Waals surface area (Å²) in [5, 5.41) is 7.13. The molecule has 0 radical (unpaired) electrons. The van der Waals surface area contributed by atoms with Gasteiger partial charge in [0.15, 0.2) is 0 Å². The Bertz CT molecular complexity index is 823. The predicted molar refractivity (Wildman–Crippen MR) is 97.2 cm³/mol. The summed E-state index contributed by atoms with van der Waals surface area (Å²) in [5.74, 6) is 0.178. The van der Waals surface area contributed by atoms with E-state index in [1.165, 1.54) is 4.90 Å². The van der Waals surface area contributed by atoms with Crippen LogP contribution in [-0.2, 0) is 11.8 Å². The van der Waals surface area contributed by atoms with E-state index >= 15 is 0 Å². The van der Waals surface area contributed by atoms with E-state index in [2.05, 4.69) is 20.4 Å². The van der Waals surface area contributed by atoms with Crippen molar-refractivity contribution in [2.75, 3.05) is 29.9 Å². The molecule has 2 aromatic heterocycles. The molecule has 3 heterocycles. The van der Waals surface area contributed by atoms with Gasteiger partial charge in [0.1, 0.15) is 12.2 Å². The van der Waals surface area contributed by atoms with Crippen molar-refractivity contribution in [3.05, 3.63) is 24.7 Å². The summed E-state index contributed by atoms with van der Waals surface area (Å²) in [6.07, 6.45) is -0.306. The van der Waals surface area contributed by atoms with Crippen LogP contribution in [0.2, 0.25) is 0 Å². The Hall–Kier alpha value is -2.85. The predicted octanol–water partition coefficient (Wildman–Crippen LogP) is 2.33. The molecule has 1 saturated heterocycles. The molecule has 0 aliphatic carbocycles. The molecule has 0 spiro atoms. The fourth-order valence-corrected chi connectivity index (χ4v) is 3.21. The average molecular weight is 397 g/mol. The molecule has 2 aromatic rings. The summed E-state index contributed by atoms with van der Waals surface area (Å²) >= 11 is 0. The minimum Gasteiger partial charge on any atom is -0.353 e. The lowest BCUT2D eigenvalue weighted by Gasteiger charge is -2.41. The fraction of sp³-hybridized carbons (Fsp3) is 0.529. The smallest absolute Gasteiger partial charge is 0.353 e. The van der Waals surface area contributed by atoms with Gasteiger partial charge in [0.05, 0.1) is 11.9 Å². The minimum absolute atomic E-state index is 0.225. The first-order valence-electron chi connectivity index (χ1n) is 8.95. The van der Waals surface area contributed by atoms with Crippen LogP contribution in [0.15, 0.2) is 24.7 Å². The van der Waals surface area contributed by atoms with Gasteiger partial charge in [-0.1, -0.05) is 6.92 Å². The van der Waals surface area contributed by atoms with Crippen molar-refractivity contribution < 1.29 is 18.0 Å². The van der Waals surface area contributed by atoms with Crippen molar-refractivity contribution in [1.82, 2.24) is 24.6 Å². The highest BCUT2D eigenvalue weighted by Gasteiger charge is 2.37. The molecule has 1 atom stereocenters. The van der Waals surface area contributed by atoms with Crippen molar-refractivity contribution in [3.8, 4) is 0 Å². The van der Waals surface area contributed by atoms with Crippen LogP contribution in [0.25, 0.3) is 0 Å². The zero-order valence-corrected chi connectivity index (χ0v) is 15.6. The van der Waals surface area contributed by atoms with Gasteiger partial charge in [-0.05, 0) is 12.5 Å². The molecule has 11 heteroatoms. The molecular formula is C17H22F3N7O. The minimum atomic E-state index is -4.49. The number of carbonyl (C=O) groups excluding carboxylic acids is 1. The van der Waals surface area contributed by atoms with Crippen LogP contribution in [0.3, 0.4) is 0 Å². The molecule has 1 aliphatic rings. The number of halogens is 3. The van der Waals surface area contributed by atoms with Crippen LogP contribution >= 0.6 is 0 Å². The maximum Gasteiger partial charge on any atom is 0.397 e. The topological polar surface area (TPSA) is 79.2 Å². The first kappa shape index (κ1) is 19.9. The van der Waals surface area contributed by atoms with Crippen molar-refractivity contribution in [2.45, 2.75) is 32.0 Å². The summed E-state index contributed by atoms with van der Waals surface area (Å²) in [5.41, 5.74) is 0.744. The highest BCUT2D eigenvalue weighted by atomic mass is 19.4. The third-order valence-electron chi connectivity index (χ3n) is 4.55. The monoisotopic (exact) mass is 397 g/mol. The van der Waals surface area contributed by atoms with Crippen LogP contribution in [0.4, 0.5) is 30.6 Å². The Kier molecular flexibility index (Phi) is 5.71. The number of hydrogen-bond acceptors (Lipinski definition) is 6. The fourth-order valence-electron chi connectivity index (χ4n) is 3.21. The summed E-state index contributed by atoms with van der Waals surface area (Å²) in [4.78, 5) is 24.0. The summed E-state index contributed by atoms with van der Waals surface area (Å²) in [6, 6.07) is 1.45. The molecule has 0 bridgehead atoms. The molecule has 0 aromatic carbocycles. The van der Waals surface area contributed by atoms with Gasteiger partial charge in [-0.2, -0.15) is 23.3 Å². The molecule has 1 unspecified atom stereocenters. The Labute approximate surface area is 160 Å². The van der Waals surface area contributed by atoms with E-state index < -0.39 is 18.5 Å². The SMILES string of the molecule is CCC1CN(c2ccnc(Nc3cnn(C)c3)n2)CCN1C(=O)CC(F)(F)F. The molecule has 1 N–H and O–H groups in total. The van der Waals surface area contributed by atoms with Crippen molar-refractivity contribution in [3.63, 3.8) is 0 Å². The number of nitrogens with one attached hydrogen (secondary N) is 1. The van der Waals surface area contributed by atoms with Gasteiger partial charge in [-0.3, -0.25) is 9.48 Å². The van der Waals surface area contributed by atoms with Crippen molar-refractivity contribution in [2.24, 2.45) is 7.05 Å². The Morgan fingerprint density at radius 2 is 2.14 bits per heavy atom. The van der Waals surface area contributed by atoms with Crippen molar-refractivity contribution in [1.29, 1.82) is 0 Å². The van der Waals surface area contributed by atoms with Gasteiger partial charge in [0.2, 0.25) is 11.9 Å². The molecule has 1 aliphatic heterocycles. The number of rotatable bonds is 5. The summed E-state index contributed by atoms with van der Waals surface area (Å²) in [6.45, 7) is 2.91. The zero-order chi connectivity index (χ0) is 20.3. The maximum atomic E-state index is 12.6. The van der Waals surface area contributed by atoms with E-state index in [9.17, 15) is 18.0 Å². The van der Waals surface area contributed by atoms with Crippen LogP contribution in [0.5, 0.6) is 0 Å². The number of hydrogen-bond donors (Lipinski definition) is 1. The lowest BCUT2D eigenvalue weighted by Crippen LogP contribution is -2.55. The van der Waals surface area contributed by atoms with Gasteiger partial charge >= 0.3 is 6.18 Å². The zero-order valence-electron chi connectivity index (χ0n) is 15.6. The molecule has 1 amide bonds. The van der Waals surface area contributed by atoms with Gasteiger partial charge in [0.25, 0.3) is 0 Å². The van der Waals surface area contributed by atoms with Crippen LogP contribution in [-0.4, -0.2) is 62.4 Å². The third-order valence-corrected chi connectivity index (χ3v) is 4.55. The lowest BCUT2D eigenvalue weighted by molar-refractivity contribution is -0.163. The van der Waals surface area contributed by atoms with Crippen LogP contribution in [0, 0.1) is 0 Å². The largest absolute Gasteiger partial charge is 0.397 e. The van der Waals surface area contributed by atoms with E-state index in [0.717, 1.165) is 5.69 Å². The number of nitrogens with zero attached hydrogens (tertiary/aromatic N) is 6. The van der Waals surface area contributed by atoms with Gasteiger partial charge in [-0.25, -0.2) is 4.98 Å². The summed E-state index contributed by atoms with van der Waals surface area (Å²) in [7, 11) is 1.80. The number of aromatic nitrogens is 4. The molecular weight excluding hydrogens is 375 g/mol. The lowest BCUT2D eigenvalue weighted by atomic mass is 10.1. The highest BCUT2D eigenvalue weighted by molar-refractivity contribution is 5.77. The number of piperazine rings is 1. The molecule has 28 heavy (non-hydrogen) atoms. The maximum absolute atomic E-state index is 12.6. The van der Waals surface area contributed by atoms with Gasteiger partial charge in [0, 0.05) is 45.1 Å². The number of carbonyl (C=O) groups is 1. The molecule has 0 saturated carbocycles. The average Bonchev–Trinajstić information content (AvgIpc) is 3.04. The van der Waals surface area contributed by atoms with E-state index in [4.69, 9.17) is 0 Å². The van der Waals surface area contributed by atoms with E-state index in [0.29, 0.717) is 31.3 Å². The van der Waals surface area contributed by atoms with Crippen molar-refractivity contribution >= 4 is 23.4 Å². The number of amides is 1. The van der Waals surface area contributed by atoms with Crippen LogP contribution < -0.4 is 10.2 Å². The Morgan fingerprint density at radius 3 is 2.79 bits per heavy atom. The number of aryl methyl sites for hydroxylation is 1. The van der Waals surface area contributed by atoms with E-state index in [1.807, 2.05) is 11.8 Å². The van der Waals surface area contributed by atoms with Gasteiger partial charge in [-0.15, -0.1) is 0 Å². The normalized spacial score (nSPS) is 17.7. The second kappa shape index (κ2) is 8.03. The van der Waals surface area contributed by atoms with Gasteiger partial charge < -0.3 is 15.1 Å². The Morgan fingerprint density at radius 1 is 1.36 bits per heavy atom. The number of anilines is 3. The second-order valence-corrected chi connectivity index (χ2v) is 6.65. The molecule has 152 valence electrons. The molecule has 3 rings (SSSR count). The summed E-state index contributed by atoms with van der Waals surface area (Å²) < 4.78 is 39.4. The standard InChI is InChI=1S/C17H22F3N7O/c1-3-13-11-26(6-7-27(13)15(28)8-17(18,19)20)14-4-5-21-16(24-14)23-12-9-22-25(2)10-12/h4-5,9-10,13H,3,6-8,11H2,1-2H3,(H,21,23,24). The van der Waals surface area contributed by atoms with E-state index in [-0.39, 0.29) is 12.6 Å². The quantitative estimate of drug-likeness (QED) is 0.834. The Balaban J connectivity index is 1.68. The highest BCUT2D eigenvalue weighted by Crippen LogP contribution is 2.25.